The topological polar surface area (TPSA) is 102 Å². The fourth-order valence-corrected chi connectivity index (χ4v) is 6.59. The van der Waals surface area contributed by atoms with E-state index in [0.717, 1.165) is 60.9 Å². The van der Waals surface area contributed by atoms with Gasteiger partial charge in [-0.25, -0.2) is 0 Å². The van der Waals surface area contributed by atoms with Gasteiger partial charge in [-0.1, -0.05) is 84.4 Å². The summed E-state index contributed by atoms with van der Waals surface area (Å²) < 4.78 is 80.6. The number of aryl methyl sites for hydroxylation is 3. The van der Waals surface area contributed by atoms with Crippen molar-refractivity contribution in [2.45, 2.75) is 46.2 Å². The predicted molar refractivity (Wildman–Crippen MR) is 221 cm³/mol. The van der Waals surface area contributed by atoms with Crippen molar-refractivity contribution in [3.05, 3.63) is 211 Å². The number of benzene rings is 5. The van der Waals surface area contributed by atoms with Gasteiger partial charge in [-0.15, -0.1) is 0 Å². The lowest BCUT2D eigenvalue weighted by Gasteiger charge is -2.14. The number of aromatic nitrogens is 2. The molecule has 0 saturated carbocycles. The monoisotopic (exact) mass is 836 g/mol. The third-order valence-corrected chi connectivity index (χ3v) is 9.80. The van der Waals surface area contributed by atoms with Crippen molar-refractivity contribution >= 4 is 22.6 Å². The van der Waals surface area contributed by atoms with Crippen LogP contribution < -0.4 is 21.8 Å². The van der Waals surface area contributed by atoms with Crippen LogP contribution in [0.3, 0.4) is 0 Å². The summed E-state index contributed by atoms with van der Waals surface area (Å²) in [5.41, 5.74) is 0.408. The van der Waals surface area contributed by atoms with Crippen LogP contribution in [0, 0.1) is 20.8 Å². The van der Waals surface area contributed by atoms with Crippen LogP contribution >= 0.6 is 0 Å². The van der Waals surface area contributed by atoms with Gasteiger partial charge in [-0.2, -0.15) is 26.3 Å². The molecule has 14 heteroatoms. The van der Waals surface area contributed by atoms with Crippen LogP contribution in [0.1, 0.15) is 59.9 Å². The van der Waals surface area contributed by atoms with Crippen LogP contribution in [0.25, 0.3) is 22.1 Å². The summed E-state index contributed by atoms with van der Waals surface area (Å²) in [4.78, 5) is 51.2. The number of carbonyl (C=O) groups is 2. The van der Waals surface area contributed by atoms with Crippen molar-refractivity contribution in [3.8, 4) is 11.4 Å². The second-order valence-corrected chi connectivity index (χ2v) is 14.1. The molecule has 2 N–H and O–H groups in total. The molecule has 8 nitrogen and oxygen atoms in total. The summed E-state index contributed by atoms with van der Waals surface area (Å²) in [5, 5.41) is 7.44. The molecule has 2 aromatic heterocycles. The summed E-state index contributed by atoms with van der Waals surface area (Å²) >= 11 is 0. The molecular formula is C47H38F6N4O4. The molecule has 0 aliphatic heterocycles. The molecule has 0 saturated heterocycles. The lowest BCUT2D eigenvalue weighted by molar-refractivity contribution is -0.138. The Morgan fingerprint density at radius 2 is 0.984 bits per heavy atom. The van der Waals surface area contributed by atoms with Gasteiger partial charge >= 0.3 is 12.4 Å². The molecule has 0 aliphatic rings. The van der Waals surface area contributed by atoms with Crippen molar-refractivity contribution in [1.29, 1.82) is 0 Å². The zero-order chi connectivity index (χ0) is 44.1. The first-order valence-electron chi connectivity index (χ1n) is 18.8. The number of carbonyl (C=O) groups excluding carboxylic acids is 2. The normalized spacial score (nSPS) is 11.4. The van der Waals surface area contributed by atoms with Gasteiger partial charge in [0.15, 0.2) is 0 Å². The number of alkyl halides is 6. The van der Waals surface area contributed by atoms with Gasteiger partial charge in [0, 0.05) is 35.9 Å². The highest BCUT2D eigenvalue weighted by Crippen LogP contribution is 2.31. The summed E-state index contributed by atoms with van der Waals surface area (Å²) in [5.74, 6) is -1.18. The molecule has 0 fully saturated rings. The van der Waals surface area contributed by atoms with Gasteiger partial charge in [0.1, 0.15) is 11.1 Å². The molecule has 5 aromatic carbocycles. The lowest BCUT2D eigenvalue weighted by Crippen LogP contribution is -2.33. The third kappa shape index (κ3) is 10.2. The van der Waals surface area contributed by atoms with Crippen molar-refractivity contribution in [1.82, 2.24) is 19.8 Å². The molecule has 0 unspecified atom stereocenters. The number of amides is 2. The molecule has 61 heavy (non-hydrogen) atoms. The summed E-state index contributed by atoms with van der Waals surface area (Å²) in [7, 11) is 0. The maximum atomic E-state index is 13.1. The van der Waals surface area contributed by atoms with Gasteiger partial charge in [0.05, 0.1) is 11.1 Å². The second kappa shape index (κ2) is 18.0. The Bertz CT molecular complexity index is 2860. The van der Waals surface area contributed by atoms with Crippen molar-refractivity contribution in [3.63, 3.8) is 0 Å². The Labute approximate surface area is 345 Å². The Morgan fingerprint density at radius 1 is 0.525 bits per heavy atom. The van der Waals surface area contributed by atoms with Crippen LogP contribution in [0.15, 0.2) is 149 Å². The van der Waals surface area contributed by atoms with Crippen LogP contribution in [-0.2, 0) is 25.4 Å². The number of nitrogens with one attached hydrogen (secondary N) is 2. The average Bonchev–Trinajstić information content (AvgIpc) is 3.22. The molecule has 0 bridgehead atoms. The molecule has 0 aliphatic carbocycles. The molecule has 7 rings (SSSR count). The first-order valence-corrected chi connectivity index (χ1v) is 18.8. The van der Waals surface area contributed by atoms with Crippen LogP contribution in [0.5, 0.6) is 0 Å². The SMILES string of the molecule is Cc1ccc(C(=O)NCc2cccc3ccccc23)c(=O)n1-c1cccc(C(F)(F)F)c1.Cc1ccc(CNC(=O)c2ccc(C)n(-c3cccc(C(F)(F)F)c3)c2=O)cc1. The highest BCUT2D eigenvalue weighted by atomic mass is 19.4. The fourth-order valence-electron chi connectivity index (χ4n) is 6.59. The average molecular weight is 837 g/mol. The highest BCUT2D eigenvalue weighted by Gasteiger charge is 2.32. The number of pyridine rings is 2. The third-order valence-electron chi connectivity index (χ3n) is 9.80. The van der Waals surface area contributed by atoms with Gasteiger partial charge in [-0.3, -0.25) is 28.3 Å². The Morgan fingerprint density at radius 3 is 1.49 bits per heavy atom. The predicted octanol–water partition coefficient (Wildman–Crippen LogP) is 9.65. The van der Waals surface area contributed by atoms with Gasteiger partial charge < -0.3 is 10.6 Å². The number of fused-ring (bicyclic) bond motifs is 1. The van der Waals surface area contributed by atoms with Crippen molar-refractivity contribution in [2.75, 3.05) is 0 Å². The van der Waals surface area contributed by atoms with Crippen molar-refractivity contribution in [2.24, 2.45) is 0 Å². The molecular weight excluding hydrogens is 799 g/mol. The van der Waals surface area contributed by atoms with E-state index in [9.17, 15) is 45.5 Å². The van der Waals surface area contributed by atoms with Crippen molar-refractivity contribution < 1.29 is 35.9 Å². The molecule has 0 radical (unpaired) electrons. The smallest absolute Gasteiger partial charge is 0.348 e. The number of hydrogen-bond donors (Lipinski definition) is 2. The van der Waals surface area contributed by atoms with Gasteiger partial charge in [-0.05, 0) is 103 Å². The lowest BCUT2D eigenvalue weighted by atomic mass is 10.0. The first-order chi connectivity index (χ1) is 28.9. The standard InChI is InChI=1S/C25H19F3N2O2.C22H19F3N2O2/c1-16-12-13-22(24(32)30(16)20-10-5-9-19(14-20)25(26,27)28)23(31)29-15-18-8-4-7-17-6-2-3-11-21(17)18;1-14-6-9-16(10-7-14)13-26-20(28)19-11-8-15(2)27(21(19)29)18-5-3-4-17(12-18)22(23,24)25/h2-14H,15H2,1H3,(H,29,31);3-12H,13H2,1-2H3,(H,26,28). The molecule has 2 heterocycles. The fraction of sp³-hybridized carbons (Fsp3) is 0.149. The van der Waals surface area contributed by atoms with E-state index in [1.165, 1.54) is 48.5 Å². The summed E-state index contributed by atoms with van der Waals surface area (Å²) in [6.07, 6.45) is -9.07. The van der Waals surface area contributed by atoms with Crippen LogP contribution in [0.2, 0.25) is 0 Å². The minimum absolute atomic E-state index is 0.0472. The van der Waals surface area contributed by atoms with E-state index in [4.69, 9.17) is 0 Å². The zero-order valence-electron chi connectivity index (χ0n) is 33.0. The largest absolute Gasteiger partial charge is 0.416 e. The first kappa shape index (κ1) is 43.4. The van der Waals surface area contributed by atoms with E-state index in [1.807, 2.05) is 73.7 Å². The van der Waals surface area contributed by atoms with E-state index in [-0.39, 0.29) is 35.6 Å². The molecule has 2 amide bonds. The Hall–Kier alpha value is -7.22. The Balaban J connectivity index is 0.000000205. The van der Waals surface area contributed by atoms with Crippen LogP contribution in [0.4, 0.5) is 26.3 Å². The highest BCUT2D eigenvalue weighted by molar-refractivity contribution is 5.95. The van der Waals surface area contributed by atoms with E-state index >= 15 is 0 Å². The molecule has 7 aromatic rings. The summed E-state index contributed by atoms with van der Waals surface area (Å²) in [6, 6.07) is 35.8. The number of rotatable bonds is 8. The van der Waals surface area contributed by atoms with Gasteiger partial charge in [0.2, 0.25) is 0 Å². The number of nitrogens with zero attached hydrogens (tertiary/aromatic N) is 2. The van der Waals surface area contributed by atoms with Crippen LogP contribution in [-0.4, -0.2) is 20.9 Å². The molecule has 0 atom stereocenters. The zero-order valence-corrected chi connectivity index (χ0v) is 33.0. The quantitative estimate of drug-likeness (QED) is 0.149. The minimum Gasteiger partial charge on any atom is -0.348 e. The van der Waals surface area contributed by atoms with E-state index in [1.54, 1.807) is 13.8 Å². The minimum atomic E-state index is -4.54. The Kier molecular flexibility index (Phi) is 12.8. The van der Waals surface area contributed by atoms with Gasteiger partial charge in [0.25, 0.3) is 22.9 Å². The molecule has 0 spiro atoms. The second-order valence-electron chi connectivity index (χ2n) is 14.1. The van der Waals surface area contributed by atoms with E-state index < -0.39 is 46.4 Å². The maximum Gasteiger partial charge on any atom is 0.416 e. The number of halogens is 6. The van der Waals surface area contributed by atoms with E-state index in [0.29, 0.717) is 11.4 Å². The maximum absolute atomic E-state index is 13.1. The number of hydrogen-bond acceptors (Lipinski definition) is 4. The summed E-state index contributed by atoms with van der Waals surface area (Å²) in [6.45, 7) is 5.58. The van der Waals surface area contributed by atoms with E-state index in [2.05, 4.69) is 10.6 Å². The molecule has 312 valence electrons.